The van der Waals surface area contributed by atoms with Crippen molar-refractivity contribution in [2.24, 2.45) is 4.99 Å². The Balaban J connectivity index is 1.13. The van der Waals surface area contributed by atoms with E-state index in [1.807, 2.05) is 36.4 Å². The molecule has 0 saturated heterocycles. The fraction of sp³-hybridized carbons (Fsp3) is 0.214. The van der Waals surface area contributed by atoms with E-state index in [0.717, 1.165) is 35.4 Å². The number of phenols is 1. The van der Waals surface area contributed by atoms with Gasteiger partial charge in [0, 0.05) is 13.1 Å². The summed E-state index contributed by atoms with van der Waals surface area (Å²) in [5, 5.41) is 12.3. The third kappa shape index (κ3) is 5.72. The van der Waals surface area contributed by atoms with Crippen LogP contribution >= 0.6 is 0 Å². The van der Waals surface area contributed by atoms with Crippen molar-refractivity contribution in [1.29, 1.82) is 0 Å². The lowest BCUT2D eigenvalue weighted by Gasteiger charge is -2.35. The van der Waals surface area contributed by atoms with Crippen molar-refractivity contribution in [2.45, 2.75) is 25.9 Å². The van der Waals surface area contributed by atoms with E-state index >= 15 is 0 Å². The van der Waals surface area contributed by atoms with Crippen LogP contribution in [0.15, 0.2) is 83.9 Å². The summed E-state index contributed by atoms with van der Waals surface area (Å²) in [5.74, 6) is 0.709. The summed E-state index contributed by atoms with van der Waals surface area (Å²) in [6.45, 7) is 2.20. The minimum atomic E-state index is -0.407. The van der Waals surface area contributed by atoms with E-state index in [4.69, 9.17) is 4.74 Å². The van der Waals surface area contributed by atoms with Gasteiger partial charge >= 0.3 is 6.03 Å². The number of rotatable bonds is 7. The number of benzene rings is 3. The number of carbonyl (C=O) groups excluding carboxylic acids is 1. The molecular formula is C28H27FN4O3. The van der Waals surface area contributed by atoms with Crippen LogP contribution in [0.1, 0.15) is 23.1 Å². The van der Waals surface area contributed by atoms with Crippen LogP contribution in [0, 0.1) is 5.82 Å². The van der Waals surface area contributed by atoms with E-state index in [2.05, 4.69) is 21.3 Å². The summed E-state index contributed by atoms with van der Waals surface area (Å²) in [6, 6.07) is 20.8. The van der Waals surface area contributed by atoms with Crippen molar-refractivity contribution < 1.29 is 19.0 Å². The molecule has 7 nitrogen and oxygen atoms in total. The molecule has 0 aliphatic carbocycles. The van der Waals surface area contributed by atoms with Crippen molar-refractivity contribution in [3.63, 3.8) is 0 Å². The lowest BCUT2D eigenvalue weighted by molar-refractivity contribution is 0.161. The molecule has 0 spiro atoms. The number of phenolic OH excluding ortho intramolecular Hbond substituents is 1. The number of hydrogen-bond acceptors (Lipinski definition) is 5. The first kappa shape index (κ1) is 23.6. The van der Waals surface area contributed by atoms with Gasteiger partial charge in [-0.3, -0.25) is 9.80 Å². The highest BCUT2D eigenvalue weighted by atomic mass is 19.1. The molecule has 2 amide bonds. The largest absolute Gasteiger partial charge is 0.508 e. The van der Waals surface area contributed by atoms with Crippen LogP contribution in [0.4, 0.5) is 9.18 Å². The third-order valence-electron chi connectivity index (χ3n) is 6.28. The maximum atomic E-state index is 13.2. The first-order chi connectivity index (χ1) is 17.5. The van der Waals surface area contributed by atoms with E-state index in [1.54, 1.807) is 35.5 Å². The number of amides is 2. The van der Waals surface area contributed by atoms with Crippen LogP contribution in [-0.4, -0.2) is 46.7 Å². The highest BCUT2D eigenvalue weighted by Gasteiger charge is 2.27. The van der Waals surface area contributed by atoms with E-state index in [0.29, 0.717) is 19.7 Å². The van der Waals surface area contributed by atoms with E-state index in [1.165, 1.54) is 17.7 Å². The maximum Gasteiger partial charge on any atom is 0.325 e. The molecule has 1 atom stereocenters. The van der Waals surface area contributed by atoms with Gasteiger partial charge in [-0.05, 0) is 65.1 Å². The molecule has 0 bridgehead atoms. The predicted octanol–water partition coefficient (Wildman–Crippen LogP) is 4.74. The van der Waals surface area contributed by atoms with Crippen LogP contribution in [-0.2, 0) is 13.2 Å². The normalized spacial score (nSPS) is 18.0. The molecule has 0 fully saturated rings. The zero-order valence-electron chi connectivity index (χ0n) is 19.7. The Morgan fingerprint density at radius 3 is 2.39 bits per heavy atom. The second-order valence-electron chi connectivity index (χ2n) is 8.80. The zero-order valence-corrected chi connectivity index (χ0v) is 19.7. The van der Waals surface area contributed by atoms with Gasteiger partial charge in [-0.1, -0.05) is 42.5 Å². The summed E-state index contributed by atoms with van der Waals surface area (Å²) >= 11 is 0. The number of urea groups is 1. The van der Waals surface area contributed by atoms with Crippen LogP contribution in [0.25, 0.3) is 5.57 Å². The number of halogens is 1. The van der Waals surface area contributed by atoms with E-state index < -0.39 is 6.29 Å². The Morgan fingerprint density at radius 1 is 1.00 bits per heavy atom. The Bertz CT molecular complexity index is 1260. The Labute approximate surface area is 209 Å². The fourth-order valence-corrected chi connectivity index (χ4v) is 4.20. The molecule has 2 heterocycles. The van der Waals surface area contributed by atoms with Gasteiger partial charge in [-0.15, -0.1) is 0 Å². The second-order valence-corrected chi connectivity index (χ2v) is 8.80. The molecule has 2 aliphatic heterocycles. The monoisotopic (exact) mass is 486 g/mol. The zero-order chi connectivity index (χ0) is 24.9. The van der Waals surface area contributed by atoms with Crippen molar-refractivity contribution in [3.8, 4) is 11.5 Å². The number of ether oxygens (including phenoxy) is 1. The average Bonchev–Trinajstić information content (AvgIpc) is 2.91. The van der Waals surface area contributed by atoms with Crippen molar-refractivity contribution in [3.05, 3.63) is 101 Å². The van der Waals surface area contributed by atoms with Gasteiger partial charge in [0.05, 0.1) is 12.9 Å². The molecule has 2 aliphatic rings. The molecule has 2 N–H and O–H groups in total. The van der Waals surface area contributed by atoms with E-state index in [9.17, 15) is 14.3 Å². The second kappa shape index (κ2) is 10.6. The number of nitrogens with zero attached hydrogens (tertiary/aromatic N) is 3. The average molecular weight is 487 g/mol. The van der Waals surface area contributed by atoms with Gasteiger partial charge in [0.1, 0.15) is 23.9 Å². The van der Waals surface area contributed by atoms with Crippen LogP contribution in [0.5, 0.6) is 11.5 Å². The van der Waals surface area contributed by atoms with Gasteiger partial charge in [0.15, 0.2) is 6.29 Å². The Hall–Kier alpha value is -4.17. The number of carbonyl (C=O) groups is 1. The molecular weight excluding hydrogens is 459 g/mol. The smallest absolute Gasteiger partial charge is 0.325 e. The van der Waals surface area contributed by atoms with Crippen molar-refractivity contribution in [1.82, 2.24) is 15.1 Å². The molecule has 8 heteroatoms. The lowest BCUT2D eigenvalue weighted by atomic mass is 9.99. The quantitative estimate of drug-likeness (QED) is 0.506. The number of hydrogen-bond donors (Lipinski definition) is 2. The van der Waals surface area contributed by atoms with Crippen LogP contribution in [0.2, 0.25) is 0 Å². The van der Waals surface area contributed by atoms with Gasteiger partial charge in [-0.25, -0.2) is 14.2 Å². The van der Waals surface area contributed by atoms with Crippen molar-refractivity contribution >= 4 is 17.9 Å². The topological polar surface area (TPSA) is 77.4 Å². The molecule has 184 valence electrons. The fourth-order valence-electron chi connectivity index (χ4n) is 4.20. The predicted molar refractivity (Wildman–Crippen MR) is 136 cm³/mol. The number of aliphatic imine (C=N–C) groups is 1. The highest BCUT2D eigenvalue weighted by molar-refractivity contribution is 5.88. The third-order valence-corrected chi connectivity index (χ3v) is 6.28. The van der Waals surface area contributed by atoms with Gasteiger partial charge < -0.3 is 15.2 Å². The molecule has 0 radical (unpaired) electrons. The SMILES string of the molecule is O=C1NC(N2CC=C(c3ccc(F)cc3)CC2)N=CN1Cc1ccc(OCc2ccc(O)cc2)cc1. The van der Waals surface area contributed by atoms with Crippen LogP contribution in [0.3, 0.4) is 0 Å². The molecule has 3 aromatic rings. The number of nitrogens with one attached hydrogen (secondary N) is 1. The van der Waals surface area contributed by atoms with Gasteiger partial charge in [0.2, 0.25) is 0 Å². The Kier molecular flexibility index (Phi) is 6.95. The van der Waals surface area contributed by atoms with Crippen LogP contribution < -0.4 is 10.1 Å². The minimum absolute atomic E-state index is 0.198. The standard InChI is InChI=1S/C28H27FN4O3/c29-24-7-5-22(6-8-24)23-13-15-32(16-14-23)27-30-19-33(28(35)31-27)17-20-3-11-26(12-4-20)36-18-21-1-9-25(34)10-2-21/h1-13,19,27,34H,14-18H2,(H,31,35). The molecule has 1 unspecified atom stereocenters. The maximum absolute atomic E-state index is 13.2. The summed E-state index contributed by atoms with van der Waals surface area (Å²) < 4.78 is 19.0. The summed E-state index contributed by atoms with van der Waals surface area (Å²) in [4.78, 5) is 20.9. The highest BCUT2D eigenvalue weighted by Crippen LogP contribution is 2.24. The lowest BCUT2D eigenvalue weighted by Crippen LogP contribution is -2.55. The first-order valence-electron chi connectivity index (χ1n) is 11.8. The summed E-state index contributed by atoms with van der Waals surface area (Å²) in [7, 11) is 0. The Morgan fingerprint density at radius 2 is 1.72 bits per heavy atom. The molecule has 0 aromatic heterocycles. The summed E-state index contributed by atoms with van der Waals surface area (Å²) in [6.07, 6.45) is 4.10. The minimum Gasteiger partial charge on any atom is -0.508 e. The van der Waals surface area contributed by atoms with Gasteiger partial charge in [-0.2, -0.15) is 0 Å². The first-order valence-corrected chi connectivity index (χ1v) is 11.8. The molecule has 36 heavy (non-hydrogen) atoms. The van der Waals surface area contributed by atoms with Gasteiger partial charge in [0.25, 0.3) is 0 Å². The summed E-state index contributed by atoms with van der Waals surface area (Å²) in [5.41, 5.74) is 4.12. The van der Waals surface area contributed by atoms with E-state index in [-0.39, 0.29) is 17.6 Å². The molecule has 0 saturated carbocycles. The number of aromatic hydroxyl groups is 1. The molecule has 3 aromatic carbocycles. The van der Waals surface area contributed by atoms with Crippen molar-refractivity contribution in [2.75, 3.05) is 13.1 Å². The molecule has 5 rings (SSSR count).